The second-order valence-electron chi connectivity index (χ2n) is 3.28. The summed E-state index contributed by atoms with van der Waals surface area (Å²) in [6.07, 6.45) is 2.06. The van der Waals surface area contributed by atoms with Gasteiger partial charge in [-0.15, -0.1) is 10.2 Å². The molecule has 1 aliphatic rings. The molecule has 0 bridgehead atoms. The molecule has 1 aliphatic heterocycles. The van der Waals surface area contributed by atoms with Crippen molar-refractivity contribution in [3.05, 3.63) is 10.4 Å². The van der Waals surface area contributed by atoms with Crippen LogP contribution in [0.15, 0.2) is 0 Å². The molecule has 1 fully saturated rings. The molecule has 0 aliphatic carbocycles. The van der Waals surface area contributed by atoms with E-state index in [4.69, 9.17) is 27.9 Å². The van der Waals surface area contributed by atoms with Crippen molar-refractivity contribution in [2.75, 3.05) is 18.5 Å². The lowest BCUT2D eigenvalue weighted by atomic mass is 10.1. The highest BCUT2D eigenvalue weighted by Gasteiger charge is 2.16. The molecule has 82 valence electrons. The SMILES string of the molecule is Clc1nnc(Cl)c(NC2CCCOC2)n1. The maximum atomic E-state index is 5.82. The Morgan fingerprint density at radius 2 is 2.20 bits per heavy atom. The third kappa shape index (κ3) is 2.90. The lowest BCUT2D eigenvalue weighted by Crippen LogP contribution is -2.30. The van der Waals surface area contributed by atoms with Gasteiger partial charge in [-0.05, 0) is 24.4 Å². The monoisotopic (exact) mass is 248 g/mol. The van der Waals surface area contributed by atoms with Gasteiger partial charge >= 0.3 is 0 Å². The zero-order valence-corrected chi connectivity index (χ0v) is 9.42. The molecule has 1 saturated heterocycles. The Bertz CT molecular complexity index is 343. The van der Waals surface area contributed by atoms with Crippen molar-refractivity contribution >= 4 is 29.0 Å². The van der Waals surface area contributed by atoms with E-state index in [0.29, 0.717) is 12.4 Å². The van der Waals surface area contributed by atoms with Crippen LogP contribution >= 0.6 is 23.2 Å². The molecule has 2 heterocycles. The van der Waals surface area contributed by atoms with Gasteiger partial charge in [0.05, 0.1) is 12.6 Å². The minimum atomic E-state index is 0.0821. The van der Waals surface area contributed by atoms with E-state index in [2.05, 4.69) is 20.5 Å². The first-order valence-corrected chi connectivity index (χ1v) is 5.41. The fourth-order valence-corrected chi connectivity index (χ4v) is 1.69. The van der Waals surface area contributed by atoms with Gasteiger partial charge in [-0.1, -0.05) is 11.6 Å². The molecule has 0 spiro atoms. The Hall–Kier alpha value is -0.650. The summed E-state index contributed by atoms with van der Waals surface area (Å²) in [6.45, 7) is 1.46. The number of halogens is 2. The first kappa shape index (κ1) is 10.9. The maximum Gasteiger partial charge on any atom is 0.245 e. The topological polar surface area (TPSA) is 59.9 Å². The zero-order valence-electron chi connectivity index (χ0n) is 7.91. The van der Waals surface area contributed by atoms with Crippen LogP contribution in [-0.4, -0.2) is 34.4 Å². The Kier molecular flexibility index (Phi) is 3.56. The van der Waals surface area contributed by atoms with Crippen LogP contribution < -0.4 is 5.32 Å². The summed E-state index contributed by atoms with van der Waals surface area (Å²) in [5, 5.41) is 10.6. The summed E-state index contributed by atoms with van der Waals surface area (Å²) >= 11 is 11.4. The van der Waals surface area contributed by atoms with E-state index in [-0.39, 0.29) is 16.5 Å². The molecule has 5 nitrogen and oxygen atoms in total. The summed E-state index contributed by atoms with van der Waals surface area (Å²) in [4.78, 5) is 3.96. The molecule has 0 amide bonds. The smallest absolute Gasteiger partial charge is 0.245 e. The van der Waals surface area contributed by atoms with Crippen molar-refractivity contribution in [2.24, 2.45) is 0 Å². The molecule has 1 aromatic heterocycles. The highest BCUT2D eigenvalue weighted by molar-refractivity contribution is 6.32. The number of hydrogen-bond donors (Lipinski definition) is 1. The first-order valence-electron chi connectivity index (χ1n) is 4.65. The summed E-state index contributed by atoms with van der Waals surface area (Å²) in [5.41, 5.74) is 0. The van der Waals surface area contributed by atoms with Gasteiger partial charge in [0.2, 0.25) is 5.28 Å². The van der Waals surface area contributed by atoms with Gasteiger partial charge in [-0.3, -0.25) is 0 Å². The van der Waals surface area contributed by atoms with Crippen molar-refractivity contribution in [1.29, 1.82) is 0 Å². The average Bonchev–Trinajstić information content (AvgIpc) is 2.25. The molecule has 1 aromatic rings. The Labute approximate surface area is 97.1 Å². The summed E-state index contributed by atoms with van der Waals surface area (Å²) in [5.74, 6) is 0.465. The van der Waals surface area contributed by atoms with Crippen molar-refractivity contribution in [3.63, 3.8) is 0 Å². The van der Waals surface area contributed by atoms with E-state index in [9.17, 15) is 0 Å². The second-order valence-corrected chi connectivity index (χ2v) is 3.97. The summed E-state index contributed by atoms with van der Waals surface area (Å²) in [6, 6.07) is 0.212. The number of anilines is 1. The lowest BCUT2D eigenvalue weighted by molar-refractivity contribution is 0.0875. The molecule has 1 unspecified atom stereocenters. The fourth-order valence-electron chi connectivity index (χ4n) is 1.43. The third-order valence-electron chi connectivity index (χ3n) is 2.12. The van der Waals surface area contributed by atoms with Crippen LogP contribution in [0.5, 0.6) is 0 Å². The predicted molar refractivity (Wildman–Crippen MR) is 57.3 cm³/mol. The van der Waals surface area contributed by atoms with Gasteiger partial charge in [-0.2, -0.15) is 4.98 Å². The summed E-state index contributed by atoms with van der Waals surface area (Å²) in [7, 11) is 0. The van der Waals surface area contributed by atoms with E-state index in [0.717, 1.165) is 19.4 Å². The van der Waals surface area contributed by atoms with Gasteiger partial charge < -0.3 is 10.1 Å². The number of nitrogens with zero attached hydrogens (tertiary/aromatic N) is 3. The third-order valence-corrected chi connectivity index (χ3v) is 2.54. The average molecular weight is 249 g/mol. The normalized spacial score (nSPS) is 21.3. The Morgan fingerprint density at radius 1 is 1.33 bits per heavy atom. The van der Waals surface area contributed by atoms with Crippen LogP contribution in [0.25, 0.3) is 0 Å². The van der Waals surface area contributed by atoms with Crippen molar-refractivity contribution in [1.82, 2.24) is 15.2 Å². The Balaban J connectivity index is 2.05. The second kappa shape index (κ2) is 4.92. The first-order chi connectivity index (χ1) is 7.25. The van der Waals surface area contributed by atoms with Crippen LogP contribution in [0.4, 0.5) is 5.82 Å². The molecule has 0 radical (unpaired) electrons. The number of aromatic nitrogens is 3. The van der Waals surface area contributed by atoms with E-state index < -0.39 is 0 Å². The molecule has 0 saturated carbocycles. The van der Waals surface area contributed by atoms with Crippen LogP contribution in [0, 0.1) is 0 Å². The summed E-state index contributed by atoms with van der Waals surface area (Å²) < 4.78 is 5.32. The van der Waals surface area contributed by atoms with Gasteiger partial charge in [0.15, 0.2) is 11.0 Å². The Morgan fingerprint density at radius 3 is 2.93 bits per heavy atom. The minimum absolute atomic E-state index is 0.0821. The van der Waals surface area contributed by atoms with E-state index in [1.54, 1.807) is 0 Å². The molecule has 1 atom stereocenters. The lowest BCUT2D eigenvalue weighted by Gasteiger charge is -2.23. The zero-order chi connectivity index (χ0) is 10.7. The van der Waals surface area contributed by atoms with Gasteiger partial charge in [0.25, 0.3) is 0 Å². The van der Waals surface area contributed by atoms with Gasteiger partial charge in [0, 0.05) is 6.61 Å². The number of hydrogen-bond acceptors (Lipinski definition) is 5. The van der Waals surface area contributed by atoms with E-state index in [1.807, 2.05) is 0 Å². The predicted octanol–water partition coefficient (Wildman–Crippen LogP) is 1.77. The molecule has 7 heteroatoms. The van der Waals surface area contributed by atoms with Crippen molar-refractivity contribution < 1.29 is 4.74 Å². The van der Waals surface area contributed by atoms with Crippen LogP contribution in [0.1, 0.15) is 12.8 Å². The van der Waals surface area contributed by atoms with Crippen LogP contribution in [0.3, 0.4) is 0 Å². The quantitative estimate of drug-likeness (QED) is 0.865. The molecule has 0 aromatic carbocycles. The van der Waals surface area contributed by atoms with Crippen LogP contribution in [0.2, 0.25) is 10.4 Å². The maximum absolute atomic E-state index is 5.82. The number of ether oxygens (including phenoxy) is 1. The molecule has 1 N–H and O–H groups in total. The molecular formula is C8H10Cl2N4O. The highest BCUT2D eigenvalue weighted by Crippen LogP contribution is 2.19. The molecular weight excluding hydrogens is 239 g/mol. The minimum Gasteiger partial charge on any atom is -0.379 e. The van der Waals surface area contributed by atoms with Gasteiger partial charge in [-0.25, -0.2) is 0 Å². The van der Waals surface area contributed by atoms with Crippen molar-refractivity contribution in [3.8, 4) is 0 Å². The largest absolute Gasteiger partial charge is 0.379 e. The number of nitrogens with one attached hydrogen (secondary N) is 1. The van der Waals surface area contributed by atoms with E-state index in [1.165, 1.54) is 0 Å². The highest BCUT2D eigenvalue weighted by atomic mass is 35.5. The molecule has 2 rings (SSSR count). The molecule has 15 heavy (non-hydrogen) atoms. The van der Waals surface area contributed by atoms with Gasteiger partial charge in [0.1, 0.15) is 0 Å². The van der Waals surface area contributed by atoms with Crippen LogP contribution in [-0.2, 0) is 4.74 Å². The number of rotatable bonds is 2. The van der Waals surface area contributed by atoms with Crippen molar-refractivity contribution in [2.45, 2.75) is 18.9 Å². The fraction of sp³-hybridized carbons (Fsp3) is 0.625. The standard InChI is InChI=1S/C8H10Cl2N4O/c9-6-7(12-8(10)14-13-6)11-5-2-1-3-15-4-5/h5H,1-4H2,(H,11,12,14). The van der Waals surface area contributed by atoms with E-state index >= 15 is 0 Å².